The molecular formula is C15H9F3O2. The molecule has 0 heterocycles. The highest BCUT2D eigenvalue weighted by atomic mass is 19.3. The van der Waals surface area contributed by atoms with Gasteiger partial charge < -0.3 is 4.74 Å². The molecule has 0 spiro atoms. The molecule has 3 rings (SSSR count). The van der Waals surface area contributed by atoms with Crippen LogP contribution >= 0.6 is 0 Å². The summed E-state index contributed by atoms with van der Waals surface area (Å²) in [6, 6.07) is 7.05. The van der Waals surface area contributed by atoms with Crippen LogP contribution in [-0.4, -0.2) is 13.1 Å². The number of alkyl halides is 2. The van der Waals surface area contributed by atoms with Crippen molar-refractivity contribution in [1.29, 1.82) is 0 Å². The summed E-state index contributed by atoms with van der Waals surface area (Å²) in [5.74, 6) is -4.59. The van der Waals surface area contributed by atoms with E-state index in [0.717, 1.165) is 12.1 Å². The Morgan fingerprint density at radius 2 is 1.80 bits per heavy atom. The number of carbonyl (C=O) groups excluding carboxylic acids is 1. The molecule has 0 N–H and O–H groups in total. The lowest BCUT2D eigenvalue weighted by Gasteiger charge is -2.12. The van der Waals surface area contributed by atoms with E-state index in [9.17, 15) is 18.0 Å². The SMILES string of the molecule is COC(=O)c1ccc2c(c1)-c1ccc(F)cc1C2(F)F. The van der Waals surface area contributed by atoms with E-state index in [1.165, 1.54) is 31.4 Å². The highest BCUT2D eigenvalue weighted by molar-refractivity contribution is 5.93. The summed E-state index contributed by atoms with van der Waals surface area (Å²) in [4.78, 5) is 11.5. The molecule has 1 aliphatic carbocycles. The van der Waals surface area contributed by atoms with Crippen molar-refractivity contribution >= 4 is 5.97 Å². The van der Waals surface area contributed by atoms with E-state index in [2.05, 4.69) is 4.74 Å². The van der Waals surface area contributed by atoms with Crippen molar-refractivity contribution in [3.8, 4) is 11.1 Å². The van der Waals surface area contributed by atoms with Crippen molar-refractivity contribution in [3.63, 3.8) is 0 Å². The molecule has 0 fully saturated rings. The Hall–Kier alpha value is -2.30. The highest BCUT2D eigenvalue weighted by Crippen LogP contribution is 2.51. The van der Waals surface area contributed by atoms with Crippen LogP contribution in [-0.2, 0) is 10.7 Å². The molecule has 0 bridgehead atoms. The van der Waals surface area contributed by atoms with Crippen molar-refractivity contribution in [2.75, 3.05) is 7.11 Å². The Morgan fingerprint density at radius 1 is 1.05 bits per heavy atom. The summed E-state index contributed by atoms with van der Waals surface area (Å²) in [6.45, 7) is 0. The number of rotatable bonds is 1. The summed E-state index contributed by atoms with van der Waals surface area (Å²) in [6.07, 6.45) is 0. The van der Waals surface area contributed by atoms with Gasteiger partial charge in [-0.15, -0.1) is 0 Å². The third-order valence-electron chi connectivity index (χ3n) is 3.39. The molecule has 1 aliphatic rings. The first-order chi connectivity index (χ1) is 9.45. The van der Waals surface area contributed by atoms with E-state index in [0.29, 0.717) is 0 Å². The van der Waals surface area contributed by atoms with Gasteiger partial charge in [0.2, 0.25) is 0 Å². The van der Waals surface area contributed by atoms with Gasteiger partial charge >= 0.3 is 5.97 Å². The lowest BCUT2D eigenvalue weighted by molar-refractivity contribution is 0.0474. The van der Waals surface area contributed by atoms with E-state index in [1.807, 2.05) is 0 Å². The van der Waals surface area contributed by atoms with Gasteiger partial charge in [-0.05, 0) is 35.4 Å². The normalized spacial score (nSPS) is 14.6. The largest absolute Gasteiger partial charge is 0.465 e. The number of fused-ring (bicyclic) bond motifs is 3. The maximum Gasteiger partial charge on any atom is 0.337 e. The van der Waals surface area contributed by atoms with Crippen molar-refractivity contribution in [1.82, 2.24) is 0 Å². The Balaban J connectivity index is 2.26. The molecule has 0 aliphatic heterocycles. The lowest BCUT2D eigenvalue weighted by Crippen LogP contribution is -2.11. The van der Waals surface area contributed by atoms with Crippen LogP contribution in [0.4, 0.5) is 13.2 Å². The zero-order valence-electron chi connectivity index (χ0n) is 10.4. The van der Waals surface area contributed by atoms with Crippen molar-refractivity contribution in [3.05, 3.63) is 58.9 Å². The number of hydrogen-bond donors (Lipinski definition) is 0. The van der Waals surface area contributed by atoms with Crippen LogP contribution < -0.4 is 0 Å². The molecule has 20 heavy (non-hydrogen) atoms. The summed E-state index contributed by atoms with van der Waals surface area (Å²) >= 11 is 0. The van der Waals surface area contributed by atoms with Crippen LogP contribution in [0, 0.1) is 5.82 Å². The zero-order valence-corrected chi connectivity index (χ0v) is 10.4. The van der Waals surface area contributed by atoms with Crippen molar-refractivity contribution < 1.29 is 22.7 Å². The van der Waals surface area contributed by atoms with E-state index >= 15 is 0 Å². The lowest BCUT2D eigenvalue weighted by atomic mass is 10.0. The Kier molecular flexibility index (Phi) is 2.61. The average Bonchev–Trinajstić information content (AvgIpc) is 2.66. The number of esters is 1. The monoisotopic (exact) mass is 278 g/mol. The van der Waals surface area contributed by atoms with Gasteiger partial charge in [-0.25, -0.2) is 9.18 Å². The van der Waals surface area contributed by atoms with E-state index in [-0.39, 0.29) is 27.8 Å². The topological polar surface area (TPSA) is 26.3 Å². The van der Waals surface area contributed by atoms with Crippen molar-refractivity contribution in [2.24, 2.45) is 0 Å². The fourth-order valence-electron chi connectivity index (χ4n) is 2.44. The fraction of sp³-hybridized carbons (Fsp3) is 0.133. The van der Waals surface area contributed by atoms with Gasteiger partial charge in [-0.1, -0.05) is 12.1 Å². The van der Waals surface area contributed by atoms with E-state index in [1.54, 1.807) is 0 Å². The maximum absolute atomic E-state index is 14.2. The second-order valence-corrected chi connectivity index (χ2v) is 4.52. The van der Waals surface area contributed by atoms with Crippen LogP contribution in [0.25, 0.3) is 11.1 Å². The minimum absolute atomic E-state index is 0.180. The number of benzene rings is 2. The van der Waals surface area contributed by atoms with Gasteiger partial charge in [0.1, 0.15) is 5.82 Å². The van der Waals surface area contributed by atoms with Crippen LogP contribution in [0.15, 0.2) is 36.4 Å². The molecule has 0 unspecified atom stereocenters. The third-order valence-corrected chi connectivity index (χ3v) is 3.39. The van der Waals surface area contributed by atoms with Gasteiger partial charge in [0.25, 0.3) is 5.92 Å². The minimum atomic E-state index is -3.26. The second-order valence-electron chi connectivity index (χ2n) is 4.52. The van der Waals surface area contributed by atoms with Crippen LogP contribution in [0.1, 0.15) is 21.5 Å². The summed E-state index contributed by atoms with van der Waals surface area (Å²) in [5.41, 5.74) is 0.0320. The first kappa shape index (κ1) is 12.7. The second kappa shape index (κ2) is 4.10. The predicted octanol–water partition coefficient (Wildman–Crippen LogP) is 3.73. The number of ether oxygens (including phenoxy) is 1. The fourth-order valence-corrected chi connectivity index (χ4v) is 2.44. The molecule has 102 valence electrons. The van der Waals surface area contributed by atoms with Gasteiger partial charge in [-0.2, -0.15) is 8.78 Å². The smallest absolute Gasteiger partial charge is 0.337 e. The quantitative estimate of drug-likeness (QED) is 0.743. The Bertz CT molecular complexity index is 723. The number of hydrogen-bond acceptors (Lipinski definition) is 2. The first-order valence-corrected chi connectivity index (χ1v) is 5.86. The number of carbonyl (C=O) groups is 1. The predicted molar refractivity (Wildman–Crippen MR) is 66.2 cm³/mol. The highest BCUT2D eigenvalue weighted by Gasteiger charge is 2.44. The molecule has 2 aromatic carbocycles. The van der Waals surface area contributed by atoms with Crippen LogP contribution in [0.5, 0.6) is 0 Å². The molecule has 2 aromatic rings. The van der Waals surface area contributed by atoms with Gasteiger partial charge in [0, 0.05) is 11.1 Å². The molecule has 0 atom stereocenters. The van der Waals surface area contributed by atoms with E-state index in [4.69, 9.17) is 0 Å². The first-order valence-electron chi connectivity index (χ1n) is 5.86. The molecule has 0 saturated heterocycles. The summed E-state index contributed by atoms with van der Waals surface area (Å²) < 4.78 is 46.2. The zero-order chi connectivity index (χ0) is 14.5. The van der Waals surface area contributed by atoms with Crippen LogP contribution in [0.3, 0.4) is 0 Å². The standard InChI is InChI=1S/C15H9F3O2/c1-20-14(19)8-2-5-12-11(6-8)10-4-3-9(16)7-13(10)15(12,17)18/h2-7H,1H3. The number of methoxy groups -OCH3 is 1. The van der Waals surface area contributed by atoms with Gasteiger partial charge in [0.05, 0.1) is 12.7 Å². The molecule has 2 nitrogen and oxygen atoms in total. The molecule has 0 aromatic heterocycles. The Morgan fingerprint density at radius 3 is 2.50 bits per heavy atom. The third kappa shape index (κ3) is 1.62. The van der Waals surface area contributed by atoms with Crippen molar-refractivity contribution in [2.45, 2.75) is 5.92 Å². The Labute approximate surface area is 112 Å². The van der Waals surface area contributed by atoms with Gasteiger partial charge in [0.15, 0.2) is 0 Å². The molecular weight excluding hydrogens is 269 g/mol. The van der Waals surface area contributed by atoms with Crippen LogP contribution in [0.2, 0.25) is 0 Å². The molecule has 0 saturated carbocycles. The maximum atomic E-state index is 14.2. The average molecular weight is 278 g/mol. The number of halogens is 3. The summed E-state index contributed by atoms with van der Waals surface area (Å²) in [7, 11) is 1.22. The van der Waals surface area contributed by atoms with Gasteiger partial charge in [-0.3, -0.25) is 0 Å². The molecule has 0 radical (unpaired) electrons. The summed E-state index contributed by atoms with van der Waals surface area (Å²) in [5, 5.41) is 0. The van der Waals surface area contributed by atoms with E-state index < -0.39 is 17.7 Å². The molecule has 0 amide bonds. The minimum Gasteiger partial charge on any atom is -0.465 e. The molecule has 5 heteroatoms.